The topological polar surface area (TPSA) is 24.7 Å². The predicted octanol–water partition coefficient (Wildman–Crippen LogP) is 4.39. The second-order valence-electron chi connectivity index (χ2n) is 3.29. The molecule has 2 nitrogen and oxygen atoms in total. The Hall–Kier alpha value is -1.44. The minimum absolute atomic E-state index is 0.902. The van der Waals surface area contributed by atoms with Crippen molar-refractivity contribution in [2.75, 3.05) is 0 Å². The largest absolute Gasteiger partial charge is 0.156 e. The van der Waals surface area contributed by atoms with Crippen LogP contribution in [0.1, 0.15) is 25.8 Å². The van der Waals surface area contributed by atoms with E-state index in [4.69, 9.17) is 0 Å². The number of benzene rings is 1. The molecule has 0 amide bonds. The van der Waals surface area contributed by atoms with Crippen molar-refractivity contribution in [1.29, 1.82) is 0 Å². The maximum atomic E-state index is 4.12. The molecule has 0 aliphatic carbocycles. The van der Waals surface area contributed by atoms with E-state index in [1.54, 1.807) is 0 Å². The third kappa shape index (κ3) is 3.52. The fourth-order valence-electron chi connectivity index (χ4n) is 1.08. The van der Waals surface area contributed by atoms with Crippen molar-refractivity contribution in [3.8, 4) is 0 Å². The molecule has 14 heavy (non-hydrogen) atoms. The number of azo groups is 1. The lowest BCUT2D eigenvalue weighted by molar-refractivity contribution is 1.08. The van der Waals surface area contributed by atoms with E-state index >= 15 is 0 Å². The summed E-state index contributed by atoms with van der Waals surface area (Å²) in [6, 6.07) is 8.01. The summed E-state index contributed by atoms with van der Waals surface area (Å²) < 4.78 is 0. The van der Waals surface area contributed by atoms with E-state index in [-0.39, 0.29) is 0 Å². The van der Waals surface area contributed by atoms with E-state index in [0.29, 0.717) is 0 Å². The van der Waals surface area contributed by atoms with Crippen molar-refractivity contribution < 1.29 is 0 Å². The lowest BCUT2D eigenvalue weighted by atomic mass is 10.2. The molecular formula is C12H16N2. The van der Waals surface area contributed by atoms with E-state index in [1.807, 2.05) is 31.2 Å². The first-order chi connectivity index (χ1) is 6.72. The molecule has 0 heterocycles. The van der Waals surface area contributed by atoms with Gasteiger partial charge in [-0.1, -0.05) is 30.7 Å². The summed E-state index contributed by atoms with van der Waals surface area (Å²) in [5, 5.41) is 8.22. The highest BCUT2D eigenvalue weighted by atomic mass is 15.1. The quantitative estimate of drug-likeness (QED) is 0.628. The van der Waals surface area contributed by atoms with Gasteiger partial charge in [-0.25, -0.2) is 0 Å². The van der Waals surface area contributed by atoms with Gasteiger partial charge in [0.05, 0.1) is 11.4 Å². The van der Waals surface area contributed by atoms with Gasteiger partial charge in [-0.2, -0.15) is 10.2 Å². The zero-order valence-electron chi connectivity index (χ0n) is 8.99. The molecule has 0 fully saturated rings. The Morgan fingerprint density at radius 2 is 1.93 bits per heavy atom. The van der Waals surface area contributed by atoms with Crippen LogP contribution in [0.25, 0.3) is 0 Å². The lowest BCUT2D eigenvalue weighted by Crippen LogP contribution is -1.70. The van der Waals surface area contributed by atoms with Crippen LogP contribution in [0, 0.1) is 6.92 Å². The predicted molar refractivity (Wildman–Crippen MR) is 59.7 cm³/mol. The van der Waals surface area contributed by atoms with Gasteiger partial charge in [0, 0.05) is 0 Å². The Kier molecular flexibility index (Phi) is 4.05. The zero-order chi connectivity index (χ0) is 10.4. The SMILES string of the molecule is CC/C=C(\C)N=Nc1ccc(C)cc1. The molecule has 1 aromatic rings. The maximum absolute atomic E-state index is 4.12. The molecule has 0 aliphatic heterocycles. The number of aryl methyl sites for hydroxylation is 1. The smallest absolute Gasteiger partial charge is 0.0857 e. The van der Waals surface area contributed by atoms with E-state index < -0.39 is 0 Å². The molecule has 0 unspecified atom stereocenters. The van der Waals surface area contributed by atoms with Crippen molar-refractivity contribution >= 4 is 5.69 Å². The van der Waals surface area contributed by atoms with Gasteiger partial charge >= 0.3 is 0 Å². The molecule has 74 valence electrons. The first-order valence-electron chi connectivity index (χ1n) is 4.87. The van der Waals surface area contributed by atoms with Crippen LogP contribution in [0.2, 0.25) is 0 Å². The average molecular weight is 188 g/mol. The summed E-state index contributed by atoms with van der Waals surface area (Å²) in [6.45, 7) is 6.11. The number of hydrogen-bond donors (Lipinski definition) is 0. The van der Waals surface area contributed by atoms with Crippen molar-refractivity contribution in [2.24, 2.45) is 10.2 Å². The van der Waals surface area contributed by atoms with Gasteiger partial charge in [0.15, 0.2) is 0 Å². The highest BCUT2D eigenvalue weighted by Crippen LogP contribution is 2.14. The fourth-order valence-corrected chi connectivity index (χ4v) is 1.08. The van der Waals surface area contributed by atoms with Gasteiger partial charge in [0.25, 0.3) is 0 Å². The molecule has 0 aromatic heterocycles. The monoisotopic (exact) mass is 188 g/mol. The fraction of sp³-hybridized carbons (Fsp3) is 0.333. The Labute approximate surface area is 85.4 Å². The molecular weight excluding hydrogens is 172 g/mol. The molecule has 1 rings (SSSR count). The molecule has 0 radical (unpaired) electrons. The summed E-state index contributed by atoms with van der Waals surface area (Å²) >= 11 is 0. The normalized spacial score (nSPS) is 12.4. The van der Waals surface area contributed by atoms with Crippen LogP contribution >= 0.6 is 0 Å². The van der Waals surface area contributed by atoms with Crippen LogP contribution in [-0.2, 0) is 0 Å². The van der Waals surface area contributed by atoms with Crippen LogP contribution in [0.15, 0.2) is 46.3 Å². The van der Waals surface area contributed by atoms with Gasteiger partial charge < -0.3 is 0 Å². The summed E-state index contributed by atoms with van der Waals surface area (Å²) in [5.41, 5.74) is 3.11. The number of rotatable bonds is 3. The summed E-state index contributed by atoms with van der Waals surface area (Å²) in [4.78, 5) is 0. The second-order valence-corrected chi connectivity index (χ2v) is 3.29. The number of allylic oxidation sites excluding steroid dienone is 2. The minimum Gasteiger partial charge on any atom is -0.156 e. The van der Waals surface area contributed by atoms with E-state index in [9.17, 15) is 0 Å². The van der Waals surface area contributed by atoms with Crippen molar-refractivity contribution in [1.82, 2.24) is 0 Å². The molecule has 0 aliphatic rings. The Balaban J connectivity index is 2.69. The second kappa shape index (κ2) is 5.32. The van der Waals surface area contributed by atoms with Crippen LogP contribution in [0.3, 0.4) is 0 Å². The molecule has 0 saturated heterocycles. The molecule has 1 aromatic carbocycles. The van der Waals surface area contributed by atoms with Crippen LogP contribution in [0.5, 0.6) is 0 Å². The van der Waals surface area contributed by atoms with Crippen molar-refractivity contribution in [2.45, 2.75) is 27.2 Å². The standard InChI is InChI=1S/C12H16N2/c1-4-5-11(3)13-14-12-8-6-10(2)7-9-12/h5-9H,4H2,1-3H3/b11-5+,14-13?. The molecule has 0 N–H and O–H groups in total. The number of nitrogens with zero attached hydrogens (tertiary/aromatic N) is 2. The van der Waals surface area contributed by atoms with Crippen LogP contribution < -0.4 is 0 Å². The summed E-state index contributed by atoms with van der Waals surface area (Å²) in [5.74, 6) is 0. The zero-order valence-corrected chi connectivity index (χ0v) is 8.99. The van der Waals surface area contributed by atoms with Gasteiger partial charge in [-0.3, -0.25) is 0 Å². The number of hydrogen-bond acceptors (Lipinski definition) is 2. The average Bonchev–Trinajstić information content (AvgIpc) is 2.17. The van der Waals surface area contributed by atoms with Gasteiger partial charge in [0.1, 0.15) is 0 Å². The van der Waals surface area contributed by atoms with Crippen LogP contribution in [-0.4, -0.2) is 0 Å². The molecule has 0 atom stereocenters. The summed E-state index contributed by atoms with van der Waals surface area (Å²) in [6.07, 6.45) is 3.05. The van der Waals surface area contributed by atoms with Gasteiger partial charge in [-0.15, -0.1) is 0 Å². The maximum Gasteiger partial charge on any atom is 0.0857 e. The van der Waals surface area contributed by atoms with Gasteiger partial charge in [0.2, 0.25) is 0 Å². The molecule has 0 bridgehead atoms. The lowest BCUT2D eigenvalue weighted by Gasteiger charge is -1.93. The Morgan fingerprint density at radius 3 is 2.50 bits per heavy atom. The third-order valence-electron chi connectivity index (χ3n) is 1.86. The van der Waals surface area contributed by atoms with Crippen molar-refractivity contribution in [3.05, 3.63) is 41.6 Å². The minimum atomic E-state index is 0.902. The highest BCUT2D eigenvalue weighted by molar-refractivity contribution is 5.37. The molecule has 0 saturated carbocycles. The first-order valence-corrected chi connectivity index (χ1v) is 4.87. The summed E-state index contributed by atoms with van der Waals surface area (Å²) in [7, 11) is 0. The first kappa shape index (κ1) is 10.6. The highest BCUT2D eigenvalue weighted by Gasteiger charge is 1.88. The van der Waals surface area contributed by atoms with E-state index in [0.717, 1.165) is 17.8 Å². The van der Waals surface area contributed by atoms with Gasteiger partial charge in [-0.05, 0) is 32.4 Å². The van der Waals surface area contributed by atoms with Crippen molar-refractivity contribution in [3.63, 3.8) is 0 Å². The third-order valence-corrected chi connectivity index (χ3v) is 1.86. The van der Waals surface area contributed by atoms with E-state index in [1.165, 1.54) is 5.56 Å². The Bertz CT molecular complexity index is 334. The van der Waals surface area contributed by atoms with E-state index in [2.05, 4.69) is 30.2 Å². The molecule has 2 heteroatoms. The van der Waals surface area contributed by atoms with Crippen LogP contribution in [0.4, 0.5) is 5.69 Å². The Morgan fingerprint density at radius 1 is 1.29 bits per heavy atom. The molecule has 0 spiro atoms.